The summed E-state index contributed by atoms with van der Waals surface area (Å²) in [5.74, 6) is 0.276. The Morgan fingerprint density at radius 3 is 2.35 bits per heavy atom. The lowest BCUT2D eigenvalue weighted by Gasteiger charge is -2.19. The number of carbonyl (C=O) groups excluding carboxylic acids is 3. The number of nitrogens with one attached hydrogen (secondary N) is 5. The molecule has 0 bridgehead atoms. The molecule has 0 atom stereocenters. The van der Waals surface area contributed by atoms with Crippen molar-refractivity contribution < 1.29 is 19.1 Å². The van der Waals surface area contributed by atoms with Crippen molar-refractivity contribution in [3.63, 3.8) is 0 Å². The van der Waals surface area contributed by atoms with E-state index in [0.29, 0.717) is 30.4 Å². The molecular formula is C25H38N8O4. The van der Waals surface area contributed by atoms with Crippen molar-refractivity contribution >= 4 is 29.7 Å². The van der Waals surface area contributed by atoms with Gasteiger partial charge in [-0.2, -0.15) is 4.98 Å². The predicted molar refractivity (Wildman–Crippen MR) is 141 cm³/mol. The first-order valence-corrected chi connectivity index (χ1v) is 12.4. The van der Waals surface area contributed by atoms with Gasteiger partial charge in [-0.05, 0) is 51.3 Å². The van der Waals surface area contributed by atoms with Gasteiger partial charge in [-0.1, -0.05) is 6.92 Å². The second kappa shape index (κ2) is 15.2. The summed E-state index contributed by atoms with van der Waals surface area (Å²) in [6.07, 6.45) is 6.16. The van der Waals surface area contributed by atoms with E-state index in [1.165, 1.54) is 6.20 Å². The number of aromatic nitrogens is 3. The van der Waals surface area contributed by atoms with Gasteiger partial charge in [0, 0.05) is 57.7 Å². The number of amides is 3. The second-order valence-corrected chi connectivity index (χ2v) is 9.20. The Hall–Kier alpha value is -3.96. The maximum absolute atomic E-state index is 12.7. The van der Waals surface area contributed by atoms with Gasteiger partial charge in [0.1, 0.15) is 17.0 Å². The van der Waals surface area contributed by atoms with Gasteiger partial charge in [-0.25, -0.2) is 9.78 Å². The van der Waals surface area contributed by atoms with Crippen molar-refractivity contribution in [2.75, 3.05) is 43.4 Å². The van der Waals surface area contributed by atoms with Crippen molar-refractivity contribution in [1.29, 1.82) is 0 Å². The molecule has 12 nitrogen and oxygen atoms in total. The summed E-state index contributed by atoms with van der Waals surface area (Å²) in [5, 5.41) is 14.3. The zero-order valence-corrected chi connectivity index (χ0v) is 22.0. The Morgan fingerprint density at radius 1 is 0.919 bits per heavy atom. The number of ether oxygens (including phenoxy) is 1. The molecule has 2 aromatic rings. The molecule has 0 radical (unpaired) electrons. The summed E-state index contributed by atoms with van der Waals surface area (Å²) in [4.78, 5) is 49.0. The normalized spacial score (nSPS) is 10.8. The van der Waals surface area contributed by atoms with Crippen LogP contribution in [0, 0.1) is 0 Å². The first-order chi connectivity index (χ1) is 17.7. The molecule has 5 N–H and O–H groups in total. The molecule has 12 heteroatoms. The minimum atomic E-state index is -0.598. The Morgan fingerprint density at radius 2 is 1.65 bits per heavy atom. The molecule has 0 fully saturated rings. The third-order valence-corrected chi connectivity index (χ3v) is 4.77. The molecule has 0 saturated carbocycles. The number of pyridine rings is 1. The van der Waals surface area contributed by atoms with E-state index in [9.17, 15) is 14.4 Å². The lowest BCUT2D eigenvalue weighted by atomic mass is 10.2. The summed E-state index contributed by atoms with van der Waals surface area (Å²) < 4.78 is 5.11. The molecule has 2 heterocycles. The van der Waals surface area contributed by atoms with Crippen molar-refractivity contribution in [2.24, 2.45) is 0 Å². The molecule has 0 spiro atoms. The minimum Gasteiger partial charge on any atom is -0.444 e. The fourth-order valence-corrected chi connectivity index (χ4v) is 3.03. The highest BCUT2D eigenvalue weighted by Gasteiger charge is 2.16. The van der Waals surface area contributed by atoms with Gasteiger partial charge in [0.05, 0.1) is 0 Å². The van der Waals surface area contributed by atoms with E-state index in [1.807, 2.05) is 19.1 Å². The first kappa shape index (κ1) is 29.3. The summed E-state index contributed by atoms with van der Waals surface area (Å²) in [6, 6.07) is 3.90. The van der Waals surface area contributed by atoms with E-state index in [1.54, 1.807) is 33.2 Å². The van der Waals surface area contributed by atoms with Crippen molar-refractivity contribution in [3.05, 3.63) is 41.9 Å². The van der Waals surface area contributed by atoms with Gasteiger partial charge in [0.25, 0.3) is 5.91 Å². The van der Waals surface area contributed by atoms with Gasteiger partial charge in [-0.3, -0.25) is 14.6 Å². The summed E-state index contributed by atoms with van der Waals surface area (Å²) >= 11 is 0. The van der Waals surface area contributed by atoms with Gasteiger partial charge in [0.15, 0.2) is 0 Å². The SMILES string of the molecule is CCCNc1nc(NCCc2ccncc2)ncc1C(=O)NCCNC(=O)CCNC(=O)OC(C)(C)C. The molecule has 202 valence electrons. The van der Waals surface area contributed by atoms with Gasteiger partial charge in [0.2, 0.25) is 11.9 Å². The van der Waals surface area contributed by atoms with Crippen LogP contribution in [-0.2, 0) is 16.0 Å². The number of hydrogen-bond donors (Lipinski definition) is 5. The third kappa shape index (κ3) is 12.0. The van der Waals surface area contributed by atoms with E-state index < -0.39 is 11.7 Å². The smallest absolute Gasteiger partial charge is 0.407 e. The summed E-state index contributed by atoms with van der Waals surface area (Å²) in [5.41, 5.74) is 0.869. The predicted octanol–water partition coefficient (Wildman–Crippen LogP) is 2.11. The van der Waals surface area contributed by atoms with Crippen LogP contribution in [0.1, 0.15) is 56.5 Å². The fraction of sp³-hybridized carbons (Fsp3) is 0.520. The van der Waals surface area contributed by atoms with Gasteiger partial charge in [-0.15, -0.1) is 0 Å². The average molecular weight is 515 g/mol. The zero-order chi connectivity index (χ0) is 27.1. The lowest BCUT2D eigenvalue weighted by Crippen LogP contribution is -2.37. The van der Waals surface area contributed by atoms with Crippen molar-refractivity contribution in [2.45, 2.75) is 52.6 Å². The molecule has 0 aliphatic carbocycles. The van der Waals surface area contributed by atoms with Crippen LogP contribution in [0.4, 0.5) is 16.6 Å². The van der Waals surface area contributed by atoms with Crippen LogP contribution < -0.4 is 26.6 Å². The average Bonchev–Trinajstić information content (AvgIpc) is 2.85. The highest BCUT2D eigenvalue weighted by molar-refractivity contribution is 5.98. The van der Waals surface area contributed by atoms with Crippen LogP contribution in [-0.4, -0.2) is 71.2 Å². The van der Waals surface area contributed by atoms with Crippen molar-refractivity contribution in [1.82, 2.24) is 30.9 Å². The van der Waals surface area contributed by atoms with Gasteiger partial charge >= 0.3 is 6.09 Å². The van der Waals surface area contributed by atoms with Crippen LogP contribution in [0.3, 0.4) is 0 Å². The van der Waals surface area contributed by atoms with E-state index in [-0.39, 0.29) is 37.9 Å². The molecular weight excluding hydrogens is 476 g/mol. The summed E-state index contributed by atoms with van der Waals surface area (Å²) in [7, 11) is 0. The van der Waals surface area contributed by atoms with Crippen molar-refractivity contribution in [3.8, 4) is 0 Å². The van der Waals surface area contributed by atoms with E-state index in [0.717, 1.165) is 18.4 Å². The fourth-order valence-electron chi connectivity index (χ4n) is 3.03. The van der Waals surface area contributed by atoms with Crippen LogP contribution in [0.5, 0.6) is 0 Å². The summed E-state index contributed by atoms with van der Waals surface area (Å²) in [6.45, 7) is 9.22. The Balaban J connectivity index is 1.77. The quantitative estimate of drug-likeness (QED) is 0.238. The van der Waals surface area contributed by atoms with Gasteiger partial charge < -0.3 is 31.3 Å². The standard InChI is InChI=1S/C25H38N8O4/c1-5-10-28-21-19(17-32-23(33-21)30-13-8-18-6-11-26-12-7-18)22(35)29-16-15-27-20(34)9-14-31-24(36)37-25(2,3)4/h6-7,11-12,17H,5,8-10,13-16H2,1-4H3,(H,27,34)(H,29,35)(H,31,36)(H2,28,30,32,33). The van der Waals surface area contributed by atoms with Crippen LogP contribution in [0.15, 0.2) is 30.7 Å². The Kier molecular flexibility index (Phi) is 12.0. The van der Waals surface area contributed by atoms with E-state index >= 15 is 0 Å². The first-order valence-electron chi connectivity index (χ1n) is 12.4. The number of rotatable bonds is 14. The van der Waals surface area contributed by atoms with E-state index in [2.05, 4.69) is 41.5 Å². The molecule has 2 rings (SSSR count). The van der Waals surface area contributed by atoms with Crippen LogP contribution in [0.25, 0.3) is 0 Å². The third-order valence-electron chi connectivity index (χ3n) is 4.77. The molecule has 37 heavy (non-hydrogen) atoms. The molecule has 0 saturated heterocycles. The minimum absolute atomic E-state index is 0.0989. The number of hydrogen-bond acceptors (Lipinski definition) is 9. The maximum atomic E-state index is 12.7. The number of alkyl carbamates (subject to hydrolysis) is 1. The molecule has 0 aliphatic heterocycles. The monoisotopic (exact) mass is 514 g/mol. The molecule has 0 aromatic carbocycles. The second-order valence-electron chi connectivity index (χ2n) is 9.20. The topological polar surface area (TPSA) is 159 Å². The largest absolute Gasteiger partial charge is 0.444 e. The lowest BCUT2D eigenvalue weighted by molar-refractivity contribution is -0.120. The zero-order valence-electron chi connectivity index (χ0n) is 22.0. The molecule has 0 aliphatic rings. The molecule has 2 aromatic heterocycles. The number of carbonyl (C=O) groups is 3. The molecule has 0 unspecified atom stereocenters. The highest BCUT2D eigenvalue weighted by atomic mass is 16.6. The van der Waals surface area contributed by atoms with Crippen LogP contribution in [0.2, 0.25) is 0 Å². The van der Waals surface area contributed by atoms with E-state index in [4.69, 9.17) is 4.74 Å². The number of nitrogens with zero attached hydrogens (tertiary/aromatic N) is 3. The molecule has 3 amide bonds. The number of anilines is 2. The highest BCUT2D eigenvalue weighted by Crippen LogP contribution is 2.14. The van der Waals surface area contributed by atoms with Crippen LogP contribution >= 0.6 is 0 Å². The Labute approximate surface area is 217 Å². The maximum Gasteiger partial charge on any atom is 0.407 e. The Bertz CT molecular complexity index is 1010.